The van der Waals surface area contributed by atoms with E-state index in [1.807, 2.05) is 0 Å². The molecule has 0 aromatic carbocycles. The van der Waals surface area contributed by atoms with Gasteiger partial charge in [-0.3, -0.25) is 0 Å². The van der Waals surface area contributed by atoms with Crippen molar-refractivity contribution in [2.24, 2.45) is 23.7 Å². The first-order valence-electron chi connectivity index (χ1n) is 7.02. The van der Waals surface area contributed by atoms with Gasteiger partial charge in [-0.2, -0.15) is 0 Å². The molecule has 1 heteroatoms. The highest BCUT2D eigenvalue weighted by molar-refractivity contribution is 4.93. The van der Waals surface area contributed by atoms with Gasteiger partial charge in [0.05, 0.1) is 6.10 Å². The molecule has 3 rings (SSSR count). The van der Waals surface area contributed by atoms with E-state index in [1.165, 1.54) is 44.9 Å². The maximum Gasteiger partial charge on any atom is 0.0543 e. The minimum atomic E-state index is 0.0342. The van der Waals surface area contributed by atoms with E-state index in [2.05, 4.69) is 0 Å². The fourth-order valence-corrected chi connectivity index (χ4v) is 4.71. The van der Waals surface area contributed by atoms with Crippen LogP contribution >= 0.6 is 0 Å². The second kappa shape index (κ2) is 4.08. The lowest BCUT2D eigenvalue weighted by Crippen LogP contribution is -2.41. The molecule has 0 bridgehead atoms. The molecule has 1 N–H and O–H groups in total. The van der Waals surface area contributed by atoms with Gasteiger partial charge in [-0.25, -0.2) is 0 Å². The summed E-state index contributed by atoms with van der Waals surface area (Å²) in [5.74, 6) is 3.90. The van der Waals surface area contributed by atoms with Crippen LogP contribution in [0.4, 0.5) is 0 Å². The maximum absolute atomic E-state index is 9.84. The first-order chi connectivity index (χ1) is 7.34. The minimum Gasteiger partial charge on any atom is -0.393 e. The number of fused-ring (bicyclic) bond motifs is 3. The standard InChI is InChI=1S/C14H24O/c15-12-8-7-11-6-5-10-3-1-2-4-13(10)14(11)9-12/h10-15H,1-9H2. The van der Waals surface area contributed by atoms with Crippen molar-refractivity contribution in [1.82, 2.24) is 0 Å². The van der Waals surface area contributed by atoms with Gasteiger partial charge in [-0.1, -0.05) is 19.3 Å². The highest BCUT2D eigenvalue weighted by atomic mass is 16.3. The Labute approximate surface area is 93.3 Å². The normalized spacial score (nSPS) is 50.6. The van der Waals surface area contributed by atoms with E-state index in [4.69, 9.17) is 0 Å². The zero-order valence-corrected chi connectivity index (χ0v) is 9.70. The maximum atomic E-state index is 9.84. The number of aliphatic hydroxyl groups is 1. The molecule has 0 amide bonds. The van der Waals surface area contributed by atoms with Crippen molar-refractivity contribution in [3.05, 3.63) is 0 Å². The van der Waals surface area contributed by atoms with Gasteiger partial charge in [-0.05, 0) is 62.2 Å². The Balaban J connectivity index is 1.74. The average Bonchev–Trinajstić information content (AvgIpc) is 2.29. The van der Waals surface area contributed by atoms with Gasteiger partial charge in [0.25, 0.3) is 0 Å². The molecular weight excluding hydrogens is 184 g/mol. The average molecular weight is 208 g/mol. The predicted molar refractivity (Wildman–Crippen MR) is 61.5 cm³/mol. The first-order valence-corrected chi connectivity index (χ1v) is 7.02. The van der Waals surface area contributed by atoms with Gasteiger partial charge < -0.3 is 5.11 Å². The molecule has 0 saturated heterocycles. The quantitative estimate of drug-likeness (QED) is 0.647. The summed E-state index contributed by atoms with van der Waals surface area (Å²) in [5.41, 5.74) is 0. The first kappa shape index (κ1) is 10.1. The van der Waals surface area contributed by atoms with Crippen LogP contribution < -0.4 is 0 Å². The highest BCUT2D eigenvalue weighted by Crippen LogP contribution is 2.51. The van der Waals surface area contributed by atoms with E-state index >= 15 is 0 Å². The summed E-state index contributed by atoms with van der Waals surface area (Å²) in [6.07, 6.45) is 12.4. The fourth-order valence-electron chi connectivity index (χ4n) is 4.71. The second-order valence-electron chi connectivity index (χ2n) is 6.18. The van der Waals surface area contributed by atoms with E-state index in [0.29, 0.717) is 0 Å². The van der Waals surface area contributed by atoms with Crippen molar-refractivity contribution >= 4 is 0 Å². The van der Waals surface area contributed by atoms with E-state index in [9.17, 15) is 5.11 Å². The van der Waals surface area contributed by atoms with Crippen LogP contribution in [0.3, 0.4) is 0 Å². The van der Waals surface area contributed by atoms with E-state index in [-0.39, 0.29) is 6.10 Å². The van der Waals surface area contributed by atoms with Crippen molar-refractivity contribution in [2.75, 3.05) is 0 Å². The predicted octanol–water partition coefficient (Wildman–Crippen LogP) is 3.36. The van der Waals surface area contributed by atoms with Crippen LogP contribution in [0.25, 0.3) is 0 Å². The Morgan fingerprint density at radius 3 is 2.20 bits per heavy atom. The Morgan fingerprint density at radius 1 is 0.667 bits per heavy atom. The zero-order chi connectivity index (χ0) is 10.3. The Morgan fingerprint density at radius 2 is 1.33 bits per heavy atom. The molecule has 0 radical (unpaired) electrons. The Hall–Kier alpha value is -0.0400. The Bertz CT molecular complexity index is 225. The van der Waals surface area contributed by atoms with Crippen LogP contribution in [0.15, 0.2) is 0 Å². The lowest BCUT2D eigenvalue weighted by atomic mass is 9.57. The second-order valence-corrected chi connectivity index (χ2v) is 6.18. The van der Waals surface area contributed by atoms with Crippen LogP contribution in [-0.4, -0.2) is 11.2 Å². The van der Waals surface area contributed by atoms with Crippen LogP contribution in [0.5, 0.6) is 0 Å². The van der Waals surface area contributed by atoms with Crippen LogP contribution in [0.1, 0.15) is 57.8 Å². The van der Waals surface area contributed by atoms with Crippen molar-refractivity contribution in [3.8, 4) is 0 Å². The van der Waals surface area contributed by atoms with Crippen molar-refractivity contribution < 1.29 is 5.11 Å². The lowest BCUT2D eigenvalue weighted by molar-refractivity contribution is -0.0202. The summed E-state index contributed by atoms with van der Waals surface area (Å²) >= 11 is 0. The van der Waals surface area contributed by atoms with E-state index < -0.39 is 0 Å². The topological polar surface area (TPSA) is 20.2 Å². The fraction of sp³-hybridized carbons (Fsp3) is 1.00. The molecule has 0 heterocycles. The number of rotatable bonds is 0. The van der Waals surface area contributed by atoms with Gasteiger partial charge in [0.15, 0.2) is 0 Å². The summed E-state index contributed by atoms with van der Waals surface area (Å²) in [5, 5.41) is 9.84. The third-order valence-corrected chi connectivity index (χ3v) is 5.45. The molecule has 3 aliphatic rings. The molecule has 15 heavy (non-hydrogen) atoms. The van der Waals surface area contributed by atoms with Crippen molar-refractivity contribution in [2.45, 2.75) is 63.9 Å². The molecule has 5 unspecified atom stereocenters. The summed E-state index contributed by atoms with van der Waals surface area (Å²) in [4.78, 5) is 0. The molecule has 5 atom stereocenters. The van der Waals surface area contributed by atoms with Crippen LogP contribution in [0, 0.1) is 23.7 Å². The Kier molecular flexibility index (Phi) is 2.76. The molecule has 0 aliphatic heterocycles. The summed E-state index contributed by atoms with van der Waals surface area (Å²) in [6, 6.07) is 0. The molecule has 1 nitrogen and oxygen atoms in total. The van der Waals surface area contributed by atoms with Gasteiger partial charge in [-0.15, -0.1) is 0 Å². The van der Waals surface area contributed by atoms with Crippen molar-refractivity contribution in [3.63, 3.8) is 0 Å². The molecule has 86 valence electrons. The SMILES string of the molecule is OC1CCC2CCC3CCCCC3C2C1. The smallest absolute Gasteiger partial charge is 0.0543 e. The third kappa shape index (κ3) is 1.84. The van der Waals surface area contributed by atoms with Gasteiger partial charge in [0, 0.05) is 0 Å². The lowest BCUT2D eigenvalue weighted by Gasteiger charge is -2.48. The molecule has 3 saturated carbocycles. The monoisotopic (exact) mass is 208 g/mol. The molecule has 0 aromatic rings. The van der Waals surface area contributed by atoms with Gasteiger partial charge >= 0.3 is 0 Å². The molecular formula is C14H24O. The van der Waals surface area contributed by atoms with E-state index in [0.717, 1.165) is 36.5 Å². The van der Waals surface area contributed by atoms with Crippen LogP contribution in [0.2, 0.25) is 0 Å². The largest absolute Gasteiger partial charge is 0.393 e. The minimum absolute atomic E-state index is 0.0342. The number of hydrogen-bond donors (Lipinski definition) is 1. The van der Waals surface area contributed by atoms with Crippen LogP contribution in [-0.2, 0) is 0 Å². The highest BCUT2D eigenvalue weighted by Gasteiger charge is 2.42. The van der Waals surface area contributed by atoms with Gasteiger partial charge in [0.1, 0.15) is 0 Å². The third-order valence-electron chi connectivity index (χ3n) is 5.45. The van der Waals surface area contributed by atoms with Crippen molar-refractivity contribution in [1.29, 1.82) is 0 Å². The summed E-state index contributed by atoms with van der Waals surface area (Å²) < 4.78 is 0. The molecule has 3 aliphatic carbocycles. The number of aliphatic hydroxyl groups excluding tert-OH is 1. The van der Waals surface area contributed by atoms with Gasteiger partial charge in [0.2, 0.25) is 0 Å². The number of hydrogen-bond acceptors (Lipinski definition) is 1. The molecule has 0 aromatic heterocycles. The molecule has 3 fully saturated rings. The van der Waals surface area contributed by atoms with E-state index in [1.54, 1.807) is 0 Å². The zero-order valence-electron chi connectivity index (χ0n) is 9.70. The molecule has 0 spiro atoms. The summed E-state index contributed by atoms with van der Waals surface area (Å²) in [6.45, 7) is 0. The summed E-state index contributed by atoms with van der Waals surface area (Å²) in [7, 11) is 0.